The van der Waals surface area contributed by atoms with E-state index >= 15 is 0 Å². The number of pyridine rings is 2. The van der Waals surface area contributed by atoms with E-state index in [1.807, 2.05) is 31.8 Å². The second-order valence-electron chi connectivity index (χ2n) is 8.36. The van der Waals surface area contributed by atoms with Crippen molar-refractivity contribution in [1.29, 1.82) is 0 Å². The molecule has 0 atom stereocenters. The predicted molar refractivity (Wildman–Crippen MR) is 118 cm³/mol. The zero-order chi connectivity index (χ0) is 20.9. The Morgan fingerprint density at radius 1 is 1.03 bits per heavy atom. The molecule has 31 heavy (non-hydrogen) atoms. The molecular formula is C22H23N9. The average molecular weight is 413 g/mol. The van der Waals surface area contributed by atoms with E-state index in [-0.39, 0.29) is 0 Å². The first kappa shape index (κ1) is 18.2. The molecule has 5 aromatic rings. The van der Waals surface area contributed by atoms with Gasteiger partial charge in [-0.2, -0.15) is 10.2 Å². The Labute approximate surface area is 178 Å². The van der Waals surface area contributed by atoms with E-state index in [0.29, 0.717) is 11.6 Å². The van der Waals surface area contributed by atoms with Crippen molar-refractivity contribution in [1.82, 2.24) is 44.8 Å². The number of aromatic nitrogens is 8. The third-order valence-electron chi connectivity index (χ3n) is 6.27. The van der Waals surface area contributed by atoms with Crippen molar-refractivity contribution in [3.63, 3.8) is 0 Å². The summed E-state index contributed by atoms with van der Waals surface area (Å²) >= 11 is 0. The van der Waals surface area contributed by atoms with Gasteiger partial charge in [0, 0.05) is 36.8 Å². The largest absolute Gasteiger partial charge is 0.335 e. The molecule has 0 saturated carbocycles. The molecular weight excluding hydrogens is 390 g/mol. The highest BCUT2D eigenvalue weighted by atomic mass is 15.2. The summed E-state index contributed by atoms with van der Waals surface area (Å²) in [7, 11) is 4.09. The molecule has 0 radical (unpaired) electrons. The molecule has 1 fully saturated rings. The number of hydrogen-bond donors (Lipinski definition) is 2. The lowest BCUT2D eigenvalue weighted by molar-refractivity contribution is 0.256. The fourth-order valence-electron chi connectivity index (χ4n) is 4.52. The predicted octanol–water partition coefficient (Wildman–Crippen LogP) is 3.11. The van der Waals surface area contributed by atoms with Crippen LogP contribution in [0.15, 0.2) is 36.9 Å². The summed E-state index contributed by atoms with van der Waals surface area (Å²) in [5.74, 6) is 1.25. The van der Waals surface area contributed by atoms with E-state index in [4.69, 9.17) is 4.98 Å². The van der Waals surface area contributed by atoms with Crippen molar-refractivity contribution in [2.75, 3.05) is 20.1 Å². The van der Waals surface area contributed by atoms with Crippen LogP contribution in [0.2, 0.25) is 0 Å². The Kier molecular flexibility index (Phi) is 4.10. The standard InChI is InChI=1S/C22H23N9/c1-30-7-4-13(5-8-30)16-3-6-23-21-18(16)26-22(27-21)19-17-9-14(10-24-20(17)29-28-19)15-11-25-31(2)12-15/h3,6,9-13H,4-5,7-8H2,1-2H3,(H,23,26,27)(H,24,28,29). The number of likely N-dealkylation sites (tertiary alicyclic amines) is 1. The van der Waals surface area contributed by atoms with Crippen LogP contribution >= 0.6 is 0 Å². The number of fused-ring (bicyclic) bond motifs is 2. The van der Waals surface area contributed by atoms with Crippen LogP contribution in [0, 0.1) is 0 Å². The van der Waals surface area contributed by atoms with Gasteiger partial charge in [0.05, 0.1) is 17.1 Å². The molecule has 156 valence electrons. The fraction of sp³-hybridized carbons (Fsp3) is 0.318. The van der Waals surface area contributed by atoms with E-state index in [1.54, 1.807) is 4.68 Å². The van der Waals surface area contributed by atoms with Gasteiger partial charge in [0.15, 0.2) is 17.1 Å². The van der Waals surface area contributed by atoms with Crippen LogP contribution in [0.1, 0.15) is 24.3 Å². The van der Waals surface area contributed by atoms with Gasteiger partial charge in [0.25, 0.3) is 0 Å². The number of aromatic amines is 2. The molecule has 0 spiro atoms. The van der Waals surface area contributed by atoms with E-state index in [2.05, 4.69) is 54.3 Å². The smallest absolute Gasteiger partial charge is 0.181 e. The number of H-pyrrole nitrogens is 2. The summed E-state index contributed by atoms with van der Waals surface area (Å²) in [5, 5.41) is 12.7. The van der Waals surface area contributed by atoms with Gasteiger partial charge in [-0.3, -0.25) is 9.78 Å². The van der Waals surface area contributed by atoms with Gasteiger partial charge < -0.3 is 9.88 Å². The minimum atomic E-state index is 0.521. The minimum absolute atomic E-state index is 0.521. The number of aryl methyl sites for hydroxylation is 1. The zero-order valence-corrected chi connectivity index (χ0v) is 17.5. The topological polar surface area (TPSA) is 104 Å². The SMILES string of the molecule is CN1CCC(c2ccnc3nc(-c4[nH]nc5ncc(-c6cnn(C)c6)cc45)[nH]c23)CC1. The maximum atomic E-state index is 4.79. The van der Waals surface area contributed by atoms with Crippen molar-refractivity contribution in [3.8, 4) is 22.6 Å². The third-order valence-corrected chi connectivity index (χ3v) is 6.27. The first-order chi connectivity index (χ1) is 15.2. The molecule has 0 aromatic carbocycles. The second-order valence-corrected chi connectivity index (χ2v) is 8.36. The van der Waals surface area contributed by atoms with Crippen molar-refractivity contribution < 1.29 is 0 Å². The van der Waals surface area contributed by atoms with Crippen LogP contribution in [0.5, 0.6) is 0 Å². The number of nitrogens with one attached hydrogen (secondary N) is 2. The molecule has 0 aliphatic carbocycles. The highest BCUT2D eigenvalue weighted by Crippen LogP contribution is 2.33. The first-order valence-electron chi connectivity index (χ1n) is 10.5. The zero-order valence-electron chi connectivity index (χ0n) is 17.5. The molecule has 0 amide bonds. The van der Waals surface area contributed by atoms with Crippen molar-refractivity contribution in [2.24, 2.45) is 7.05 Å². The maximum Gasteiger partial charge on any atom is 0.181 e. The quantitative estimate of drug-likeness (QED) is 0.471. The number of nitrogens with zero attached hydrogens (tertiary/aromatic N) is 7. The van der Waals surface area contributed by atoms with Gasteiger partial charge in [-0.25, -0.2) is 15.0 Å². The van der Waals surface area contributed by atoms with Gasteiger partial charge in [0.2, 0.25) is 0 Å². The second kappa shape index (κ2) is 6.98. The molecule has 9 nitrogen and oxygen atoms in total. The van der Waals surface area contributed by atoms with Gasteiger partial charge in [-0.1, -0.05) is 0 Å². The summed E-state index contributed by atoms with van der Waals surface area (Å²) in [5.41, 5.74) is 6.54. The molecule has 0 bridgehead atoms. The molecule has 9 heteroatoms. The number of hydrogen-bond acceptors (Lipinski definition) is 6. The summed E-state index contributed by atoms with van der Waals surface area (Å²) in [4.78, 5) is 19.7. The lowest BCUT2D eigenvalue weighted by Gasteiger charge is -2.29. The average Bonchev–Trinajstić information content (AvgIpc) is 3.51. The molecule has 1 aliphatic rings. The lowest BCUT2D eigenvalue weighted by Crippen LogP contribution is -2.29. The van der Waals surface area contributed by atoms with Crippen LogP contribution < -0.4 is 0 Å². The van der Waals surface area contributed by atoms with Gasteiger partial charge in [-0.05, 0) is 56.6 Å². The fourth-order valence-corrected chi connectivity index (χ4v) is 4.52. The normalized spacial score (nSPS) is 15.9. The summed E-state index contributed by atoms with van der Waals surface area (Å²) in [6, 6.07) is 4.21. The van der Waals surface area contributed by atoms with Crippen molar-refractivity contribution in [2.45, 2.75) is 18.8 Å². The summed E-state index contributed by atoms with van der Waals surface area (Å²) in [6.45, 7) is 2.23. The minimum Gasteiger partial charge on any atom is -0.335 e. The van der Waals surface area contributed by atoms with Crippen LogP contribution in [0.25, 0.3) is 44.8 Å². The van der Waals surface area contributed by atoms with Gasteiger partial charge >= 0.3 is 0 Å². The molecule has 5 aromatic heterocycles. The highest BCUT2D eigenvalue weighted by Gasteiger charge is 2.23. The molecule has 2 N–H and O–H groups in total. The third kappa shape index (κ3) is 3.09. The van der Waals surface area contributed by atoms with E-state index in [0.717, 1.165) is 65.1 Å². The number of rotatable bonds is 3. The monoisotopic (exact) mass is 413 g/mol. The first-order valence-corrected chi connectivity index (χ1v) is 10.5. The molecule has 1 saturated heterocycles. The summed E-state index contributed by atoms with van der Waals surface area (Å²) in [6.07, 6.45) is 9.80. The van der Waals surface area contributed by atoms with Crippen molar-refractivity contribution >= 4 is 22.2 Å². The molecule has 6 heterocycles. The van der Waals surface area contributed by atoms with Crippen molar-refractivity contribution in [3.05, 3.63) is 42.5 Å². The Bertz CT molecular complexity index is 1380. The van der Waals surface area contributed by atoms with Crippen LogP contribution in [0.3, 0.4) is 0 Å². The van der Waals surface area contributed by atoms with E-state index in [9.17, 15) is 0 Å². The van der Waals surface area contributed by atoms with Gasteiger partial charge in [-0.15, -0.1) is 0 Å². The van der Waals surface area contributed by atoms with Crippen LogP contribution in [0.4, 0.5) is 0 Å². The number of imidazole rings is 1. The Hall–Kier alpha value is -3.59. The van der Waals surface area contributed by atoms with E-state index in [1.165, 1.54) is 5.56 Å². The van der Waals surface area contributed by atoms with Crippen LogP contribution in [-0.4, -0.2) is 65.0 Å². The van der Waals surface area contributed by atoms with Gasteiger partial charge in [0.1, 0.15) is 5.69 Å². The Morgan fingerprint density at radius 2 is 1.90 bits per heavy atom. The lowest BCUT2D eigenvalue weighted by atomic mass is 9.89. The maximum absolute atomic E-state index is 4.79. The Balaban J connectivity index is 1.44. The molecule has 1 aliphatic heterocycles. The molecule has 0 unspecified atom stereocenters. The summed E-state index contributed by atoms with van der Waals surface area (Å²) < 4.78 is 1.78. The Morgan fingerprint density at radius 3 is 2.71 bits per heavy atom. The van der Waals surface area contributed by atoms with E-state index < -0.39 is 0 Å². The molecule has 6 rings (SSSR count). The van der Waals surface area contributed by atoms with Crippen LogP contribution in [-0.2, 0) is 7.05 Å². The highest BCUT2D eigenvalue weighted by molar-refractivity contribution is 5.93. The number of piperidine rings is 1.